The van der Waals surface area contributed by atoms with Crippen LogP contribution in [-0.4, -0.2) is 0 Å². The van der Waals surface area contributed by atoms with Gasteiger partial charge < -0.3 is 5.73 Å². The van der Waals surface area contributed by atoms with Crippen LogP contribution in [0.2, 0.25) is 0 Å². The third-order valence-corrected chi connectivity index (χ3v) is 1.81. The number of benzene rings is 1. The average molecular weight is 209 g/mol. The minimum atomic E-state index is -1.40. The van der Waals surface area contributed by atoms with Crippen LogP contribution in [0.1, 0.15) is 5.56 Å². The van der Waals surface area contributed by atoms with Gasteiger partial charge in [-0.2, -0.15) is 0 Å². The maximum absolute atomic E-state index is 5.59. The van der Waals surface area contributed by atoms with Gasteiger partial charge in [0.05, 0.1) is 0 Å². The van der Waals surface area contributed by atoms with E-state index in [1.807, 2.05) is 0 Å². The van der Waals surface area contributed by atoms with Crippen LogP contribution in [0, 0.1) is 6.07 Å². The molecule has 0 aromatic heterocycles. The molecule has 0 bridgehead atoms. The first-order chi connectivity index (χ1) is 5.00. The van der Waals surface area contributed by atoms with Gasteiger partial charge in [-0.05, 0) is 6.07 Å². The molecule has 2 N–H and O–H groups in total. The van der Waals surface area contributed by atoms with E-state index in [0.29, 0.717) is 11.3 Å². The molecule has 0 aliphatic rings. The van der Waals surface area contributed by atoms with Crippen molar-refractivity contribution >= 4 is 40.5 Å². The molecule has 1 aromatic carbocycles. The Hall–Kier alpha value is -0.110. The molecule has 0 saturated carbocycles. The maximum atomic E-state index is 5.59. The molecule has 0 unspecified atom stereocenters. The van der Waals surface area contributed by atoms with Gasteiger partial charge in [-0.1, -0.05) is 46.9 Å². The van der Waals surface area contributed by atoms with Gasteiger partial charge in [0.25, 0.3) is 0 Å². The molecule has 1 rings (SSSR count). The van der Waals surface area contributed by atoms with Gasteiger partial charge in [0, 0.05) is 17.3 Å². The molecule has 0 aliphatic carbocycles. The number of halogens is 3. The molecule has 0 aliphatic heterocycles. The standard InChI is InChI=1S/C7H5Cl3N/c8-7(9,10)5-2-1-3-6(11)4-5/h1-2,4H,11H2. The monoisotopic (exact) mass is 208 g/mol. The van der Waals surface area contributed by atoms with Crippen molar-refractivity contribution in [2.75, 3.05) is 5.73 Å². The van der Waals surface area contributed by atoms with Gasteiger partial charge in [-0.15, -0.1) is 0 Å². The third kappa shape index (κ3) is 2.44. The molecule has 0 amide bonds. The Labute approximate surface area is 80.0 Å². The van der Waals surface area contributed by atoms with E-state index in [1.54, 1.807) is 18.2 Å². The Kier molecular flexibility index (Phi) is 2.53. The molecule has 59 valence electrons. The van der Waals surface area contributed by atoms with E-state index >= 15 is 0 Å². The maximum Gasteiger partial charge on any atom is 0.216 e. The van der Waals surface area contributed by atoms with E-state index in [1.165, 1.54) is 0 Å². The van der Waals surface area contributed by atoms with Crippen molar-refractivity contribution in [3.8, 4) is 0 Å². The molecule has 1 aromatic rings. The lowest BCUT2D eigenvalue weighted by molar-refractivity contribution is 1.24. The second kappa shape index (κ2) is 3.10. The van der Waals surface area contributed by atoms with Crippen molar-refractivity contribution in [1.82, 2.24) is 0 Å². The highest BCUT2D eigenvalue weighted by molar-refractivity contribution is 6.66. The van der Waals surface area contributed by atoms with E-state index in [0.717, 1.165) is 0 Å². The molecular weight excluding hydrogens is 204 g/mol. The average Bonchev–Trinajstić information content (AvgIpc) is 1.86. The van der Waals surface area contributed by atoms with E-state index in [9.17, 15) is 0 Å². The summed E-state index contributed by atoms with van der Waals surface area (Å²) in [6.07, 6.45) is 0. The summed E-state index contributed by atoms with van der Waals surface area (Å²) >= 11 is 16.8. The highest BCUT2D eigenvalue weighted by Crippen LogP contribution is 2.38. The molecular formula is C7H5Cl3N. The van der Waals surface area contributed by atoms with Crippen molar-refractivity contribution in [2.45, 2.75) is 3.79 Å². The minimum absolute atomic E-state index is 0.467. The predicted octanol–water partition coefficient (Wildman–Crippen LogP) is 2.90. The first-order valence-corrected chi connectivity index (χ1v) is 3.98. The zero-order valence-corrected chi connectivity index (χ0v) is 7.71. The number of rotatable bonds is 0. The number of alkyl halides is 3. The van der Waals surface area contributed by atoms with E-state index in [2.05, 4.69) is 6.07 Å². The van der Waals surface area contributed by atoms with Crippen LogP contribution in [0.4, 0.5) is 5.69 Å². The van der Waals surface area contributed by atoms with Gasteiger partial charge in [0.2, 0.25) is 3.79 Å². The quantitative estimate of drug-likeness (QED) is 0.516. The largest absolute Gasteiger partial charge is 0.398 e. The fourth-order valence-corrected chi connectivity index (χ4v) is 1.01. The van der Waals surface area contributed by atoms with Gasteiger partial charge in [0.15, 0.2) is 0 Å². The van der Waals surface area contributed by atoms with Crippen molar-refractivity contribution in [2.24, 2.45) is 0 Å². The van der Waals surface area contributed by atoms with Crippen molar-refractivity contribution in [1.29, 1.82) is 0 Å². The Bertz CT molecular complexity index is 254. The third-order valence-electron chi connectivity index (χ3n) is 1.15. The summed E-state index contributed by atoms with van der Waals surface area (Å²) in [5.74, 6) is 0. The molecule has 4 heteroatoms. The Balaban J connectivity index is 3.06. The van der Waals surface area contributed by atoms with Gasteiger partial charge in [-0.25, -0.2) is 0 Å². The van der Waals surface area contributed by atoms with Crippen LogP contribution in [0.15, 0.2) is 18.2 Å². The summed E-state index contributed by atoms with van der Waals surface area (Å²) in [4.78, 5) is 0. The number of hydrogen-bond donors (Lipinski definition) is 1. The van der Waals surface area contributed by atoms with Crippen LogP contribution in [-0.2, 0) is 3.79 Å². The molecule has 1 nitrogen and oxygen atoms in total. The summed E-state index contributed by atoms with van der Waals surface area (Å²) in [6.45, 7) is 0. The van der Waals surface area contributed by atoms with Gasteiger partial charge in [0.1, 0.15) is 0 Å². The minimum Gasteiger partial charge on any atom is -0.398 e. The zero-order chi connectivity index (χ0) is 8.48. The summed E-state index contributed by atoms with van der Waals surface area (Å²) < 4.78 is -1.40. The highest BCUT2D eigenvalue weighted by atomic mass is 35.6. The first kappa shape index (κ1) is 8.98. The second-order valence-electron chi connectivity index (χ2n) is 2.03. The van der Waals surface area contributed by atoms with Crippen LogP contribution < -0.4 is 5.73 Å². The lowest BCUT2D eigenvalue weighted by atomic mass is 10.2. The Morgan fingerprint density at radius 1 is 1.36 bits per heavy atom. The van der Waals surface area contributed by atoms with Gasteiger partial charge >= 0.3 is 0 Å². The Morgan fingerprint density at radius 3 is 2.36 bits per heavy atom. The fourth-order valence-electron chi connectivity index (χ4n) is 0.661. The molecule has 0 saturated heterocycles. The number of nitrogens with two attached hydrogens (primary N) is 1. The van der Waals surface area contributed by atoms with Crippen LogP contribution >= 0.6 is 34.8 Å². The molecule has 0 spiro atoms. The summed E-state index contributed by atoms with van der Waals surface area (Å²) in [5.41, 5.74) is 6.44. The molecule has 0 atom stereocenters. The lowest BCUT2D eigenvalue weighted by Gasteiger charge is -2.10. The normalized spacial score (nSPS) is 11.5. The number of nitrogen functional groups attached to an aromatic ring is 1. The predicted molar refractivity (Wildman–Crippen MR) is 48.9 cm³/mol. The molecule has 11 heavy (non-hydrogen) atoms. The van der Waals surface area contributed by atoms with Crippen LogP contribution in [0.25, 0.3) is 0 Å². The van der Waals surface area contributed by atoms with Crippen LogP contribution in [0.3, 0.4) is 0 Å². The summed E-state index contributed by atoms with van der Waals surface area (Å²) in [5, 5.41) is 0. The molecule has 1 radical (unpaired) electrons. The summed E-state index contributed by atoms with van der Waals surface area (Å²) in [7, 11) is 0. The smallest absolute Gasteiger partial charge is 0.216 e. The highest BCUT2D eigenvalue weighted by Gasteiger charge is 2.22. The van der Waals surface area contributed by atoms with E-state index < -0.39 is 3.79 Å². The van der Waals surface area contributed by atoms with Crippen molar-refractivity contribution in [3.63, 3.8) is 0 Å². The van der Waals surface area contributed by atoms with E-state index in [4.69, 9.17) is 40.5 Å². The number of hydrogen-bond acceptors (Lipinski definition) is 1. The molecule has 0 heterocycles. The summed E-state index contributed by atoms with van der Waals surface area (Å²) in [6, 6.07) is 7.60. The fraction of sp³-hybridized carbons (Fsp3) is 0.143. The van der Waals surface area contributed by atoms with Gasteiger partial charge in [-0.3, -0.25) is 0 Å². The zero-order valence-electron chi connectivity index (χ0n) is 5.44. The molecule has 0 fully saturated rings. The Morgan fingerprint density at radius 2 is 2.00 bits per heavy atom. The second-order valence-corrected chi connectivity index (χ2v) is 4.31. The van der Waals surface area contributed by atoms with Crippen molar-refractivity contribution < 1.29 is 0 Å². The SMILES string of the molecule is Nc1[c]ccc(C(Cl)(Cl)Cl)c1. The number of anilines is 1. The van der Waals surface area contributed by atoms with Crippen LogP contribution in [0.5, 0.6) is 0 Å². The topological polar surface area (TPSA) is 26.0 Å². The lowest BCUT2D eigenvalue weighted by Crippen LogP contribution is -2.00. The first-order valence-electron chi connectivity index (χ1n) is 2.84. The van der Waals surface area contributed by atoms with Crippen molar-refractivity contribution in [3.05, 3.63) is 29.8 Å². The van der Waals surface area contributed by atoms with E-state index in [-0.39, 0.29) is 0 Å².